The largest absolute Gasteiger partial charge is 0.339 e. The van der Waals surface area contributed by atoms with Gasteiger partial charge in [0, 0.05) is 32.0 Å². The molecule has 1 saturated heterocycles. The van der Waals surface area contributed by atoms with Crippen LogP contribution in [0.4, 0.5) is 0 Å². The molecule has 1 aliphatic carbocycles. The van der Waals surface area contributed by atoms with Gasteiger partial charge in [-0.2, -0.15) is 0 Å². The molecule has 3 aliphatic rings. The number of nitrogens with zero attached hydrogens (tertiary/aromatic N) is 2. The van der Waals surface area contributed by atoms with E-state index in [2.05, 4.69) is 41.3 Å². The number of rotatable bonds is 5. The van der Waals surface area contributed by atoms with Gasteiger partial charge in [0.1, 0.15) is 0 Å². The van der Waals surface area contributed by atoms with Gasteiger partial charge in [0.15, 0.2) is 0 Å². The molecule has 0 radical (unpaired) electrons. The van der Waals surface area contributed by atoms with E-state index in [1.54, 1.807) is 0 Å². The van der Waals surface area contributed by atoms with Crippen molar-refractivity contribution >= 4 is 11.8 Å². The van der Waals surface area contributed by atoms with Crippen LogP contribution in [0.1, 0.15) is 80.5 Å². The van der Waals surface area contributed by atoms with Crippen LogP contribution in [0, 0.1) is 5.92 Å². The Morgan fingerprint density at radius 2 is 1.45 bits per heavy atom. The van der Waals surface area contributed by atoms with Gasteiger partial charge in [0.25, 0.3) is 0 Å². The van der Waals surface area contributed by atoms with Crippen LogP contribution in [0.3, 0.4) is 0 Å². The lowest BCUT2D eigenvalue weighted by molar-refractivity contribution is -0.138. The molecule has 0 N–H and O–H groups in total. The first kappa shape index (κ1) is 22.2. The zero-order valence-electron chi connectivity index (χ0n) is 19.6. The van der Waals surface area contributed by atoms with Gasteiger partial charge < -0.3 is 9.80 Å². The molecule has 174 valence electrons. The number of hydrogen-bond donors (Lipinski definition) is 0. The van der Waals surface area contributed by atoms with E-state index in [9.17, 15) is 9.59 Å². The minimum absolute atomic E-state index is 0.0376. The Kier molecular flexibility index (Phi) is 6.80. The second kappa shape index (κ2) is 10.1. The highest BCUT2D eigenvalue weighted by molar-refractivity contribution is 5.80. The van der Waals surface area contributed by atoms with Crippen molar-refractivity contribution in [2.75, 3.05) is 13.1 Å². The summed E-state index contributed by atoms with van der Waals surface area (Å²) in [7, 11) is 0. The zero-order chi connectivity index (χ0) is 22.6. The topological polar surface area (TPSA) is 40.6 Å². The van der Waals surface area contributed by atoms with E-state index in [0.29, 0.717) is 31.2 Å². The first-order chi connectivity index (χ1) is 16.2. The molecule has 4 nitrogen and oxygen atoms in total. The molecule has 2 fully saturated rings. The fourth-order valence-corrected chi connectivity index (χ4v) is 6.44. The molecule has 0 bridgehead atoms. The van der Waals surface area contributed by atoms with E-state index in [1.807, 2.05) is 23.1 Å². The third kappa shape index (κ3) is 4.71. The number of amides is 2. The fourth-order valence-electron chi connectivity index (χ4n) is 6.44. The summed E-state index contributed by atoms with van der Waals surface area (Å²) in [6, 6.07) is 19.3. The minimum atomic E-state index is -0.0376. The van der Waals surface area contributed by atoms with Gasteiger partial charge in [-0.1, -0.05) is 67.4 Å². The summed E-state index contributed by atoms with van der Waals surface area (Å²) >= 11 is 0. The van der Waals surface area contributed by atoms with Crippen LogP contribution in [-0.2, 0) is 16.0 Å². The minimum Gasteiger partial charge on any atom is -0.339 e. The van der Waals surface area contributed by atoms with Gasteiger partial charge in [-0.3, -0.25) is 9.59 Å². The van der Waals surface area contributed by atoms with E-state index in [-0.39, 0.29) is 17.9 Å². The highest BCUT2D eigenvalue weighted by Crippen LogP contribution is 2.37. The van der Waals surface area contributed by atoms with Crippen LogP contribution in [0.15, 0.2) is 54.6 Å². The SMILES string of the molecule is O=C(CCCC(=O)N1CCCC2CCCCC21)N1CCc2ccccc2C1c1ccccc1. The first-order valence-electron chi connectivity index (χ1n) is 12.9. The van der Waals surface area contributed by atoms with Crippen molar-refractivity contribution in [2.45, 2.75) is 76.3 Å². The number of benzene rings is 2. The summed E-state index contributed by atoms with van der Waals surface area (Å²) in [5.74, 6) is 1.14. The summed E-state index contributed by atoms with van der Waals surface area (Å²) in [5.41, 5.74) is 3.72. The number of piperidine rings is 1. The van der Waals surface area contributed by atoms with Crippen LogP contribution in [-0.4, -0.2) is 40.7 Å². The van der Waals surface area contributed by atoms with Crippen molar-refractivity contribution < 1.29 is 9.59 Å². The number of carbonyl (C=O) groups excluding carboxylic acids is 2. The molecule has 0 aromatic heterocycles. The zero-order valence-corrected chi connectivity index (χ0v) is 19.6. The standard InChI is InChI=1S/C29H36N2O2/c32-27(30-20-9-14-23-11-5-7-16-26(23)30)17-8-18-28(33)31-21-19-22-10-4-6-15-25(22)29(31)24-12-2-1-3-13-24/h1-4,6,10,12-13,15,23,26,29H,5,7-9,11,14,16-21H2. The molecule has 0 spiro atoms. The second-order valence-corrected chi connectivity index (χ2v) is 10.0. The van der Waals surface area contributed by atoms with Gasteiger partial charge in [0.2, 0.25) is 11.8 Å². The molecule has 4 heteroatoms. The summed E-state index contributed by atoms with van der Waals surface area (Å²) < 4.78 is 0. The van der Waals surface area contributed by atoms with Crippen LogP contribution in [0.5, 0.6) is 0 Å². The lowest BCUT2D eigenvalue weighted by atomic mass is 9.78. The highest BCUT2D eigenvalue weighted by atomic mass is 16.2. The molecule has 2 aliphatic heterocycles. The van der Waals surface area contributed by atoms with E-state index < -0.39 is 0 Å². The Morgan fingerprint density at radius 1 is 0.758 bits per heavy atom. The van der Waals surface area contributed by atoms with Crippen molar-refractivity contribution in [3.63, 3.8) is 0 Å². The maximum absolute atomic E-state index is 13.4. The molecule has 2 aromatic carbocycles. The molecular formula is C29H36N2O2. The molecule has 1 saturated carbocycles. The quantitative estimate of drug-likeness (QED) is 0.610. The summed E-state index contributed by atoms with van der Waals surface area (Å²) in [5, 5.41) is 0. The van der Waals surface area contributed by atoms with Crippen molar-refractivity contribution in [3.8, 4) is 0 Å². The van der Waals surface area contributed by atoms with Gasteiger partial charge in [-0.15, -0.1) is 0 Å². The van der Waals surface area contributed by atoms with Gasteiger partial charge in [-0.05, 0) is 61.1 Å². The lowest BCUT2D eigenvalue weighted by Gasteiger charge is -2.44. The van der Waals surface area contributed by atoms with Crippen molar-refractivity contribution in [3.05, 3.63) is 71.3 Å². The molecule has 2 amide bonds. The van der Waals surface area contributed by atoms with E-state index in [1.165, 1.54) is 43.2 Å². The second-order valence-electron chi connectivity index (χ2n) is 10.0. The average molecular weight is 445 g/mol. The van der Waals surface area contributed by atoms with Crippen LogP contribution >= 0.6 is 0 Å². The van der Waals surface area contributed by atoms with Gasteiger partial charge in [0.05, 0.1) is 6.04 Å². The number of carbonyl (C=O) groups is 2. The molecule has 5 rings (SSSR count). The maximum Gasteiger partial charge on any atom is 0.223 e. The normalized spacial score (nSPS) is 24.7. The Hall–Kier alpha value is -2.62. The number of likely N-dealkylation sites (tertiary alicyclic amines) is 1. The van der Waals surface area contributed by atoms with E-state index >= 15 is 0 Å². The molecule has 33 heavy (non-hydrogen) atoms. The molecule has 3 atom stereocenters. The Labute approximate surface area is 198 Å². The van der Waals surface area contributed by atoms with Crippen LogP contribution < -0.4 is 0 Å². The molecular weight excluding hydrogens is 408 g/mol. The molecule has 2 aromatic rings. The Bertz CT molecular complexity index is 971. The summed E-state index contributed by atoms with van der Waals surface area (Å²) in [6.45, 7) is 1.65. The van der Waals surface area contributed by atoms with E-state index in [4.69, 9.17) is 0 Å². The van der Waals surface area contributed by atoms with Crippen LogP contribution in [0.25, 0.3) is 0 Å². The Morgan fingerprint density at radius 3 is 2.30 bits per heavy atom. The monoisotopic (exact) mass is 444 g/mol. The average Bonchev–Trinajstić information content (AvgIpc) is 2.88. The smallest absolute Gasteiger partial charge is 0.223 e. The molecule has 2 heterocycles. The highest BCUT2D eigenvalue weighted by Gasteiger charge is 2.36. The maximum atomic E-state index is 13.4. The Balaban J connectivity index is 1.23. The fraction of sp³-hybridized carbons (Fsp3) is 0.517. The number of fused-ring (bicyclic) bond motifs is 2. The number of hydrogen-bond acceptors (Lipinski definition) is 2. The van der Waals surface area contributed by atoms with Gasteiger partial charge in [-0.25, -0.2) is 0 Å². The van der Waals surface area contributed by atoms with Crippen molar-refractivity contribution in [1.82, 2.24) is 9.80 Å². The summed E-state index contributed by atoms with van der Waals surface area (Å²) in [4.78, 5) is 30.6. The van der Waals surface area contributed by atoms with E-state index in [0.717, 1.165) is 31.5 Å². The first-order valence-corrected chi connectivity index (χ1v) is 12.9. The van der Waals surface area contributed by atoms with Gasteiger partial charge >= 0.3 is 0 Å². The lowest BCUT2D eigenvalue weighted by Crippen LogP contribution is -2.49. The van der Waals surface area contributed by atoms with Crippen molar-refractivity contribution in [2.24, 2.45) is 5.92 Å². The third-order valence-corrected chi connectivity index (χ3v) is 8.06. The summed E-state index contributed by atoms with van der Waals surface area (Å²) in [6.07, 6.45) is 9.91. The third-order valence-electron chi connectivity index (χ3n) is 8.06. The molecule has 3 unspecified atom stereocenters. The predicted octanol–water partition coefficient (Wildman–Crippen LogP) is 5.51. The van der Waals surface area contributed by atoms with Crippen LogP contribution in [0.2, 0.25) is 0 Å². The predicted molar refractivity (Wildman–Crippen MR) is 131 cm³/mol. The van der Waals surface area contributed by atoms with Crippen molar-refractivity contribution in [1.29, 1.82) is 0 Å².